The third-order valence-corrected chi connectivity index (χ3v) is 7.68. The van der Waals surface area contributed by atoms with E-state index < -0.39 is 21.9 Å². The maximum absolute atomic E-state index is 13.2. The van der Waals surface area contributed by atoms with Crippen LogP contribution in [0.3, 0.4) is 0 Å². The lowest BCUT2D eigenvalue weighted by atomic mass is 10.1. The number of halogens is 2. The Kier molecular flexibility index (Phi) is 4.61. The minimum Gasteiger partial charge on any atom is -0.314 e. The van der Waals surface area contributed by atoms with E-state index in [9.17, 15) is 13.2 Å². The van der Waals surface area contributed by atoms with Crippen molar-refractivity contribution in [2.45, 2.75) is 25.6 Å². The Balaban J connectivity index is 1.74. The molecule has 2 saturated heterocycles. The fourth-order valence-corrected chi connectivity index (χ4v) is 6.13. The van der Waals surface area contributed by atoms with Crippen molar-refractivity contribution < 1.29 is 13.2 Å². The summed E-state index contributed by atoms with van der Waals surface area (Å²) in [5, 5.41) is 1.10. The number of carbonyl (C=O) groups excluding carboxylic acids is 1. The molecule has 2 aromatic carbocycles. The zero-order valence-electron chi connectivity index (χ0n) is 14.6. The lowest BCUT2D eigenvalue weighted by Gasteiger charge is -2.23. The van der Waals surface area contributed by atoms with Crippen molar-refractivity contribution in [3.8, 4) is 0 Å². The van der Waals surface area contributed by atoms with Gasteiger partial charge in [0.15, 0.2) is 9.84 Å². The van der Waals surface area contributed by atoms with Crippen molar-refractivity contribution in [2.75, 3.05) is 16.4 Å². The Hall–Kier alpha value is -1.76. The number of carbonyl (C=O) groups is 1. The summed E-state index contributed by atoms with van der Waals surface area (Å²) < 4.78 is 24.6. The Bertz CT molecular complexity index is 1030. The number of sulfone groups is 1. The normalized spacial score (nSPS) is 23.7. The highest BCUT2D eigenvalue weighted by Gasteiger charge is 2.53. The van der Waals surface area contributed by atoms with E-state index in [2.05, 4.69) is 0 Å². The van der Waals surface area contributed by atoms with E-state index in [0.717, 1.165) is 11.1 Å². The number of benzene rings is 2. The second-order valence-corrected chi connectivity index (χ2v) is 9.99. The number of hydrogen-bond acceptors (Lipinski definition) is 3. The van der Waals surface area contributed by atoms with Gasteiger partial charge in [-0.05, 0) is 36.2 Å². The molecule has 0 bridgehead atoms. The number of fused-ring (bicyclic) bond motifs is 1. The zero-order chi connectivity index (χ0) is 19.3. The monoisotopic (exact) mass is 424 g/mol. The highest BCUT2D eigenvalue weighted by Crippen LogP contribution is 2.37. The predicted octanol–water partition coefficient (Wildman–Crippen LogP) is 3.91. The van der Waals surface area contributed by atoms with Gasteiger partial charge in [-0.25, -0.2) is 13.2 Å². The van der Waals surface area contributed by atoms with Gasteiger partial charge in [-0.3, -0.25) is 4.90 Å². The Labute approximate surface area is 168 Å². The first-order chi connectivity index (χ1) is 12.8. The lowest BCUT2D eigenvalue weighted by molar-refractivity contribution is 0.206. The predicted molar refractivity (Wildman–Crippen MR) is 107 cm³/mol. The Morgan fingerprint density at radius 2 is 1.74 bits per heavy atom. The van der Waals surface area contributed by atoms with Crippen molar-refractivity contribution in [1.82, 2.24) is 4.90 Å². The molecule has 27 heavy (non-hydrogen) atoms. The number of anilines is 1. The fourth-order valence-electron chi connectivity index (χ4n) is 3.81. The molecule has 0 aliphatic carbocycles. The van der Waals surface area contributed by atoms with Gasteiger partial charge < -0.3 is 4.90 Å². The average Bonchev–Trinajstić information content (AvgIpc) is 3.03. The van der Waals surface area contributed by atoms with Gasteiger partial charge in [0.05, 0.1) is 23.6 Å². The number of amides is 2. The van der Waals surface area contributed by atoms with Gasteiger partial charge in [-0.1, -0.05) is 47.5 Å². The molecule has 2 aliphatic rings. The van der Waals surface area contributed by atoms with Gasteiger partial charge in [0.1, 0.15) is 0 Å². The summed E-state index contributed by atoms with van der Waals surface area (Å²) in [6.07, 6.45) is 0. The van der Waals surface area contributed by atoms with Crippen LogP contribution in [0.1, 0.15) is 11.1 Å². The van der Waals surface area contributed by atoms with E-state index >= 15 is 0 Å². The van der Waals surface area contributed by atoms with Crippen LogP contribution < -0.4 is 4.90 Å². The molecule has 2 amide bonds. The van der Waals surface area contributed by atoms with Crippen LogP contribution in [0, 0.1) is 6.92 Å². The van der Waals surface area contributed by atoms with Crippen molar-refractivity contribution >= 4 is 44.8 Å². The van der Waals surface area contributed by atoms with Crippen LogP contribution >= 0.6 is 23.2 Å². The Morgan fingerprint density at radius 3 is 2.44 bits per heavy atom. The highest BCUT2D eigenvalue weighted by atomic mass is 35.5. The van der Waals surface area contributed by atoms with Crippen LogP contribution in [0.25, 0.3) is 0 Å². The fraction of sp³-hybridized carbons (Fsp3) is 0.316. The number of hydrogen-bond donors (Lipinski definition) is 0. The third kappa shape index (κ3) is 3.30. The SMILES string of the molecule is Cc1ccc(N2C(=O)N(Cc3ccccc3Cl)[C@H]3CS(=O)(=O)C[C@H]32)cc1Cl. The standard InChI is InChI=1S/C19H18Cl2N2O3S/c1-12-6-7-14(8-16(12)21)23-18-11-27(25,26)10-17(18)22(19(23)24)9-13-4-2-3-5-15(13)20/h2-8,17-18H,9-11H2,1H3/t17-,18+/m0/s1. The lowest BCUT2D eigenvalue weighted by Crippen LogP contribution is -2.37. The van der Waals surface area contributed by atoms with Gasteiger partial charge in [0.25, 0.3) is 0 Å². The molecular weight excluding hydrogens is 407 g/mol. The number of aryl methyl sites for hydroxylation is 1. The maximum Gasteiger partial charge on any atom is 0.325 e. The van der Waals surface area contributed by atoms with E-state index in [1.165, 1.54) is 0 Å². The molecule has 0 radical (unpaired) electrons. The first kappa shape index (κ1) is 18.6. The van der Waals surface area contributed by atoms with Crippen LogP contribution in [0.4, 0.5) is 10.5 Å². The smallest absolute Gasteiger partial charge is 0.314 e. The molecule has 0 aromatic heterocycles. The zero-order valence-corrected chi connectivity index (χ0v) is 16.9. The van der Waals surface area contributed by atoms with E-state index in [0.29, 0.717) is 15.7 Å². The van der Waals surface area contributed by atoms with E-state index in [-0.39, 0.29) is 24.1 Å². The Morgan fingerprint density at radius 1 is 1.04 bits per heavy atom. The average molecular weight is 425 g/mol. The summed E-state index contributed by atoms with van der Waals surface area (Å²) in [7, 11) is -3.22. The van der Waals surface area contributed by atoms with E-state index in [1.54, 1.807) is 28.0 Å². The molecule has 0 spiro atoms. The minimum absolute atomic E-state index is 0.0377. The molecule has 0 saturated carbocycles. The van der Waals surface area contributed by atoms with Crippen LogP contribution in [0.2, 0.25) is 10.0 Å². The highest BCUT2D eigenvalue weighted by molar-refractivity contribution is 7.91. The first-order valence-corrected chi connectivity index (χ1v) is 11.1. The van der Waals surface area contributed by atoms with Crippen LogP contribution in [-0.2, 0) is 16.4 Å². The molecule has 4 rings (SSSR count). The van der Waals surface area contributed by atoms with Gasteiger partial charge in [0.2, 0.25) is 0 Å². The van der Waals surface area contributed by atoms with Gasteiger partial charge in [0, 0.05) is 22.3 Å². The van der Waals surface area contributed by atoms with Crippen molar-refractivity contribution in [3.05, 3.63) is 63.6 Å². The summed E-state index contributed by atoms with van der Waals surface area (Å²) >= 11 is 12.5. The molecule has 2 fully saturated rings. The summed E-state index contributed by atoms with van der Waals surface area (Å²) in [5.41, 5.74) is 2.30. The molecule has 142 valence electrons. The molecule has 2 heterocycles. The molecule has 0 N–H and O–H groups in total. The first-order valence-electron chi connectivity index (χ1n) is 8.56. The van der Waals surface area contributed by atoms with Crippen molar-refractivity contribution in [2.24, 2.45) is 0 Å². The van der Waals surface area contributed by atoms with Crippen molar-refractivity contribution in [3.63, 3.8) is 0 Å². The van der Waals surface area contributed by atoms with Crippen LogP contribution in [-0.4, -0.2) is 42.9 Å². The van der Waals surface area contributed by atoms with Crippen LogP contribution in [0.5, 0.6) is 0 Å². The molecule has 8 heteroatoms. The summed E-state index contributed by atoms with van der Waals surface area (Å²) in [5.74, 6) is -0.0854. The summed E-state index contributed by atoms with van der Waals surface area (Å²) in [4.78, 5) is 16.4. The van der Waals surface area contributed by atoms with E-state index in [1.807, 2.05) is 31.2 Å². The minimum atomic E-state index is -3.22. The quantitative estimate of drug-likeness (QED) is 0.701. The molecule has 2 aromatic rings. The third-order valence-electron chi connectivity index (χ3n) is 5.21. The second kappa shape index (κ2) is 6.69. The summed E-state index contributed by atoms with van der Waals surface area (Å²) in [6, 6.07) is 11.6. The molecule has 5 nitrogen and oxygen atoms in total. The molecule has 2 aliphatic heterocycles. The molecular formula is C19H18Cl2N2O3S. The number of urea groups is 1. The summed E-state index contributed by atoms with van der Waals surface area (Å²) in [6.45, 7) is 2.15. The maximum atomic E-state index is 13.2. The largest absolute Gasteiger partial charge is 0.325 e. The van der Waals surface area contributed by atoms with Crippen LogP contribution in [0.15, 0.2) is 42.5 Å². The van der Waals surface area contributed by atoms with Gasteiger partial charge >= 0.3 is 6.03 Å². The molecule has 0 unspecified atom stereocenters. The second-order valence-electron chi connectivity index (χ2n) is 7.02. The molecule has 2 atom stereocenters. The van der Waals surface area contributed by atoms with Gasteiger partial charge in [-0.15, -0.1) is 0 Å². The number of rotatable bonds is 3. The number of nitrogens with zero attached hydrogens (tertiary/aromatic N) is 2. The van der Waals surface area contributed by atoms with Crippen molar-refractivity contribution in [1.29, 1.82) is 0 Å². The van der Waals surface area contributed by atoms with Gasteiger partial charge in [-0.2, -0.15) is 0 Å². The van der Waals surface area contributed by atoms with E-state index in [4.69, 9.17) is 23.2 Å². The topological polar surface area (TPSA) is 57.7 Å².